The lowest BCUT2D eigenvalue weighted by Gasteiger charge is -2.11. The SMILES string of the molecule is Cc1ncc(CNC2CC2)n1Cc1ccc(F)c(Br)c1. The van der Waals surface area contributed by atoms with Gasteiger partial charge in [-0.15, -0.1) is 0 Å². The molecule has 1 saturated carbocycles. The summed E-state index contributed by atoms with van der Waals surface area (Å²) in [5, 5.41) is 3.50. The highest BCUT2D eigenvalue weighted by molar-refractivity contribution is 9.10. The Bertz CT molecular complexity index is 620. The number of nitrogens with zero attached hydrogens (tertiary/aromatic N) is 2. The predicted molar refractivity (Wildman–Crippen MR) is 80.0 cm³/mol. The molecule has 0 aliphatic heterocycles. The van der Waals surface area contributed by atoms with Crippen molar-refractivity contribution in [2.75, 3.05) is 0 Å². The Kier molecular flexibility index (Phi) is 3.89. The maximum Gasteiger partial charge on any atom is 0.137 e. The molecular weight excluding hydrogens is 321 g/mol. The third-order valence-corrected chi connectivity index (χ3v) is 4.22. The van der Waals surface area contributed by atoms with Crippen LogP contribution in [0.1, 0.15) is 29.9 Å². The molecule has 2 aromatic rings. The van der Waals surface area contributed by atoms with Crippen LogP contribution in [0.25, 0.3) is 0 Å². The fourth-order valence-corrected chi connectivity index (χ4v) is 2.66. The molecule has 1 fully saturated rings. The zero-order chi connectivity index (χ0) is 14.1. The van der Waals surface area contributed by atoms with Gasteiger partial charge in [0.2, 0.25) is 0 Å². The lowest BCUT2D eigenvalue weighted by Crippen LogP contribution is -2.18. The van der Waals surface area contributed by atoms with Crippen LogP contribution in [-0.2, 0) is 13.1 Å². The molecule has 5 heteroatoms. The Hall–Kier alpha value is -1.20. The normalized spacial score (nSPS) is 14.8. The van der Waals surface area contributed by atoms with E-state index in [0.717, 1.165) is 17.9 Å². The van der Waals surface area contributed by atoms with Gasteiger partial charge in [-0.2, -0.15) is 0 Å². The minimum atomic E-state index is -0.230. The van der Waals surface area contributed by atoms with Gasteiger partial charge in [0.1, 0.15) is 11.6 Å². The summed E-state index contributed by atoms with van der Waals surface area (Å²) in [5.41, 5.74) is 2.24. The van der Waals surface area contributed by atoms with Gasteiger partial charge >= 0.3 is 0 Å². The van der Waals surface area contributed by atoms with Crippen molar-refractivity contribution < 1.29 is 4.39 Å². The first-order valence-electron chi connectivity index (χ1n) is 6.82. The van der Waals surface area contributed by atoms with Gasteiger partial charge in [0.05, 0.1) is 10.2 Å². The standard InChI is InChI=1S/C15H17BrFN3/c1-10-18-7-13(8-19-12-3-4-12)20(10)9-11-2-5-15(17)14(16)6-11/h2,5-7,12,19H,3-4,8-9H2,1H3. The van der Waals surface area contributed by atoms with E-state index in [1.165, 1.54) is 24.6 Å². The Balaban J connectivity index is 1.77. The first-order valence-corrected chi connectivity index (χ1v) is 7.61. The van der Waals surface area contributed by atoms with Crippen molar-refractivity contribution in [1.82, 2.24) is 14.9 Å². The zero-order valence-electron chi connectivity index (χ0n) is 11.4. The quantitative estimate of drug-likeness (QED) is 0.906. The Labute approximate surface area is 126 Å². The number of hydrogen-bond donors (Lipinski definition) is 1. The predicted octanol–water partition coefficient (Wildman–Crippen LogP) is 3.39. The van der Waals surface area contributed by atoms with Crippen molar-refractivity contribution in [2.45, 2.75) is 38.9 Å². The molecule has 0 spiro atoms. The van der Waals surface area contributed by atoms with Crippen LogP contribution in [0.4, 0.5) is 4.39 Å². The molecule has 3 rings (SSSR count). The maximum atomic E-state index is 13.3. The van der Waals surface area contributed by atoms with Gasteiger partial charge in [-0.05, 0) is 53.4 Å². The molecule has 1 aromatic heterocycles. The van der Waals surface area contributed by atoms with Crippen LogP contribution in [0.3, 0.4) is 0 Å². The van der Waals surface area contributed by atoms with Crippen molar-refractivity contribution in [1.29, 1.82) is 0 Å². The molecule has 20 heavy (non-hydrogen) atoms. The third-order valence-electron chi connectivity index (χ3n) is 3.61. The molecule has 0 bridgehead atoms. The van der Waals surface area contributed by atoms with Gasteiger partial charge in [-0.25, -0.2) is 9.37 Å². The Morgan fingerprint density at radius 1 is 1.45 bits per heavy atom. The molecule has 1 aromatic carbocycles. The molecule has 3 nitrogen and oxygen atoms in total. The van der Waals surface area contributed by atoms with Crippen molar-refractivity contribution >= 4 is 15.9 Å². The van der Waals surface area contributed by atoms with Gasteiger partial charge in [0, 0.05) is 25.3 Å². The lowest BCUT2D eigenvalue weighted by atomic mass is 10.2. The average molecular weight is 338 g/mol. The molecule has 1 aliphatic carbocycles. The zero-order valence-corrected chi connectivity index (χ0v) is 13.0. The number of rotatable bonds is 5. The van der Waals surface area contributed by atoms with Gasteiger partial charge in [-0.3, -0.25) is 0 Å². The lowest BCUT2D eigenvalue weighted by molar-refractivity contribution is 0.614. The van der Waals surface area contributed by atoms with Gasteiger partial charge < -0.3 is 9.88 Å². The second-order valence-corrected chi connectivity index (χ2v) is 6.14. The summed E-state index contributed by atoms with van der Waals surface area (Å²) in [7, 11) is 0. The van der Waals surface area contributed by atoms with Crippen LogP contribution in [0.15, 0.2) is 28.9 Å². The van der Waals surface area contributed by atoms with E-state index >= 15 is 0 Å². The van der Waals surface area contributed by atoms with E-state index in [1.54, 1.807) is 0 Å². The monoisotopic (exact) mass is 337 g/mol. The maximum absolute atomic E-state index is 13.3. The molecule has 1 heterocycles. The van der Waals surface area contributed by atoms with E-state index in [-0.39, 0.29) is 5.82 Å². The second kappa shape index (κ2) is 5.66. The molecule has 0 atom stereocenters. The number of aromatic nitrogens is 2. The molecule has 1 aliphatic rings. The van der Waals surface area contributed by atoms with Crippen LogP contribution in [0, 0.1) is 12.7 Å². The first-order chi connectivity index (χ1) is 9.63. The van der Waals surface area contributed by atoms with E-state index in [1.807, 2.05) is 25.3 Å². The topological polar surface area (TPSA) is 29.9 Å². The number of imidazole rings is 1. The van der Waals surface area contributed by atoms with Crippen LogP contribution in [0.5, 0.6) is 0 Å². The molecule has 0 unspecified atom stereocenters. The minimum Gasteiger partial charge on any atom is -0.327 e. The fraction of sp³-hybridized carbons (Fsp3) is 0.400. The second-order valence-electron chi connectivity index (χ2n) is 5.29. The van der Waals surface area contributed by atoms with E-state index in [4.69, 9.17) is 0 Å². The molecular formula is C15H17BrFN3. The van der Waals surface area contributed by atoms with Crippen molar-refractivity contribution in [3.8, 4) is 0 Å². The van der Waals surface area contributed by atoms with Crippen LogP contribution < -0.4 is 5.32 Å². The molecule has 0 radical (unpaired) electrons. The highest BCUT2D eigenvalue weighted by atomic mass is 79.9. The Morgan fingerprint density at radius 2 is 2.25 bits per heavy atom. The summed E-state index contributed by atoms with van der Waals surface area (Å²) in [6, 6.07) is 5.82. The van der Waals surface area contributed by atoms with Crippen molar-refractivity contribution in [3.05, 3.63) is 51.8 Å². The van der Waals surface area contributed by atoms with Crippen molar-refractivity contribution in [3.63, 3.8) is 0 Å². The molecule has 0 saturated heterocycles. The summed E-state index contributed by atoms with van der Waals surface area (Å²) in [6.45, 7) is 3.56. The van der Waals surface area contributed by atoms with Gasteiger partial charge in [0.15, 0.2) is 0 Å². The fourth-order valence-electron chi connectivity index (χ4n) is 2.23. The van der Waals surface area contributed by atoms with Crippen LogP contribution in [0.2, 0.25) is 0 Å². The molecule has 106 valence electrons. The largest absolute Gasteiger partial charge is 0.327 e. The minimum absolute atomic E-state index is 0.230. The smallest absolute Gasteiger partial charge is 0.137 e. The molecule has 1 N–H and O–H groups in total. The number of aryl methyl sites for hydroxylation is 1. The van der Waals surface area contributed by atoms with Crippen molar-refractivity contribution in [2.24, 2.45) is 0 Å². The van der Waals surface area contributed by atoms with E-state index in [9.17, 15) is 4.39 Å². The highest BCUT2D eigenvalue weighted by Crippen LogP contribution is 2.21. The third kappa shape index (κ3) is 3.10. The van der Waals surface area contributed by atoms with E-state index < -0.39 is 0 Å². The first kappa shape index (κ1) is 13.8. The van der Waals surface area contributed by atoms with E-state index in [2.05, 4.69) is 30.8 Å². The number of nitrogens with one attached hydrogen (secondary N) is 1. The summed E-state index contributed by atoms with van der Waals surface area (Å²) in [5.74, 6) is 0.754. The van der Waals surface area contributed by atoms with Crippen LogP contribution in [-0.4, -0.2) is 15.6 Å². The number of benzene rings is 1. The molecule has 0 amide bonds. The van der Waals surface area contributed by atoms with Gasteiger partial charge in [0.25, 0.3) is 0 Å². The summed E-state index contributed by atoms with van der Waals surface area (Å²) >= 11 is 3.23. The van der Waals surface area contributed by atoms with E-state index in [0.29, 0.717) is 17.1 Å². The average Bonchev–Trinajstić information content (AvgIpc) is 3.19. The Morgan fingerprint density at radius 3 is 2.95 bits per heavy atom. The summed E-state index contributed by atoms with van der Waals surface area (Å²) in [4.78, 5) is 4.39. The highest BCUT2D eigenvalue weighted by Gasteiger charge is 2.21. The summed E-state index contributed by atoms with van der Waals surface area (Å²) < 4.78 is 16.0. The van der Waals surface area contributed by atoms with Gasteiger partial charge in [-0.1, -0.05) is 6.07 Å². The number of halogens is 2. The number of hydrogen-bond acceptors (Lipinski definition) is 2. The van der Waals surface area contributed by atoms with Crippen LogP contribution >= 0.6 is 15.9 Å². The summed E-state index contributed by atoms with van der Waals surface area (Å²) in [6.07, 6.45) is 4.47.